The maximum atomic E-state index is 12.0. The molecule has 0 fully saturated rings. The summed E-state index contributed by atoms with van der Waals surface area (Å²) in [4.78, 5) is 3.77. The molecule has 6 heteroatoms. The minimum Gasteiger partial charge on any atom is -0.405 e. The van der Waals surface area contributed by atoms with Crippen LogP contribution in [0, 0.1) is 25.2 Å². The van der Waals surface area contributed by atoms with Crippen molar-refractivity contribution in [1.29, 1.82) is 5.26 Å². The Kier molecular flexibility index (Phi) is 2.84. The van der Waals surface area contributed by atoms with Crippen LogP contribution in [0.15, 0.2) is 6.07 Å². The van der Waals surface area contributed by atoms with Gasteiger partial charge in [-0.05, 0) is 13.8 Å². The van der Waals surface area contributed by atoms with E-state index in [1.54, 1.807) is 6.07 Å². The number of nitrogens with zero attached hydrogens (tertiary/aromatic N) is 2. The van der Waals surface area contributed by atoms with Gasteiger partial charge in [0.15, 0.2) is 0 Å². The SMILES string of the molecule is Cc1cc(OC(F)(F)F)c(C)c(C#N)n1. The number of nitriles is 1. The van der Waals surface area contributed by atoms with E-state index in [1.165, 1.54) is 13.8 Å². The second kappa shape index (κ2) is 3.77. The zero-order chi connectivity index (χ0) is 11.6. The highest BCUT2D eigenvalue weighted by Gasteiger charge is 2.32. The number of halogens is 3. The Bertz CT molecular complexity index is 421. The first-order valence-electron chi connectivity index (χ1n) is 3.97. The molecule has 1 aromatic heterocycles. The van der Waals surface area contributed by atoms with Crippen LogP contribution < -0.4 is 4.74 Å². The van der Waals surface area contributed by atoms with Gasteiger partial charge in [-0.25, -0.2) is 4.98 Å². The zero-order valence-corrected chi connectivity index (χ0v) is 8.01. The van der Waals surface area contributed by atoms with Crippen LogP contribution in [0.5, 0.6) is 5.75 Å². The Morgan fingerprint density at radius 3 is 2.47 bits per heavy atom. The predicted molar refractivity (Wildman–Crippen MR) is 45.1 cm³/mol. The van der Waals surface area contributed by atoms with Crippen molar-refractivity contribution in [2.45, 2.75) is 20.2 Å². The maximum Gasteiger partial charge on any atom is 0.573 e. The molecule has 0 aromatic carbocycles. The first kappa shape index (κ1) is 11.3. The first-order chi connectivity index (χ1) is 6.83. The minimum absolute atomic E-state index is 0.0609. The number of aromatic nitrogens is 1. The smallest absolute Gasteiger partial charge is 0.405 e. The van der Waals surface area contributed by atoms with Crippen LogP contribution >= 0.6 is 0 Å². The molecule has 3 nitrogen and oxygen atoms in total. The van der Waals surface area contributed by atoms with Crippen LogP contribution in [0.25, 0.3) is 0 Å². The summed E-state index contributed by atoms with van der Waals surface area (Å²) in [6.07, 6.45) is -4.76. The standard InChI is InChI=1S/C9H7F3N2O/c1-5-3-8(15-9(10,11)12)6(2)7(4-13)14-5/h3H,1-2H3. The summed E-state index contributed by atoms with van der Waals surface area (Å²) in [7, 11) is 0. The summed E-state index contributed by atoms with van der Waals surface area (Å²) in [6.45, 7) is 2.84. The summed E-state index contributed by atoms with van der Waals surface area (Å²) in [5.41, 5.74) is 0.325. The molecule has 0 radical (unpaired) electrons. The van der Waals surface area contributed by atoms with Gasteiger partial charge >= 0.3 is 6.36 Å². The van der Waals surface area contributed by atoms with Crippen molar-refractivity contribution in [3.63, 3.8) is 0 Å². The van der Waals surface area contributed by atoms with Gasteiger partial charge in [-0.3, -0.25) is 0 Å². The Morgan fingerprint density at radius 2 is 2.00 bits per heavy atom. The third kappa shape index (κ3) is 2.84. The number of pyridine rings is 1. The van der Waals surface area contributed by atoms with Crippen molar-refractivity contribution < 1.29 is 17.9 Å². The Morgan fingerprint density at radius 1 is 1.40 bits per heavy atom. The summed E-state index contributed by atoms with van der Waals surface area (Å²) in [6, 6.07) is 2.85. The topological polar surface area (TPSA) is 45.9 Å². The number of hydrogen-bond acceptors (Lipinski definition) is 3. The van der Waals surface area contributed by atoms with Crippen LogP contribution in [0.1, 0.15) is 17.0 Å². The molecule has 0 spiro atoms. The molecular weight excluding hydrogens is 209 g/mol. The van der Waals surface area contributed by atoms with E-state index >= 15 is 0 Å². The monoisotopic (exact) mass is 216 g/mol. The summed E-state index contributed by atoms with van der Waals surface area (Å²) in [5, 5.41) is 8.62. The predicted octanol–water partition coefficient (Wildman–Crippen LogP) is 2.47. The van der Waals surface area contributed by atoms with Gasteiger partial charge in [-0.2, -0.15) is 5.26 Å². The third-order valence-corrected chi connectivity index (χ3v) is 1.68. The highest BCUT2D eigenvalue weighted by atomic mass is 19.4. The number of rotatable bonds is 1. The van der Waals surface area contributed by atoms with Crippen LogP contribution in [0.3, 0.4) is 0 Å². The van der Waals surface area contributed by atoms with Gasteiger partial charge in [-0.1, -0.05) is 0 Å². The molecular formula is C9H7F3N2O. The van der Waals surface area contributed by atoms with E-state index < -0.39 is 6.36 Å². The maximum absolute atomic E-state index is 12.0. The van der Waals surface area contributed by atoms with Crippen molar-refractivity contribution in [2.24, 2.45) is 0 Å². The highest BCUT2D eigenvalue weighted by molar-refractivity contribution is 5.42. The molecule has 0 aliphatic rings. The van der Waals surface area contributed by atoms with Gasteiger partial charge in [0.25, 0.3) is 0 Å². The number of alkyl halides is 3. The first-order valence-corrected chi connectivity index (χ1v) is 3.97. The molecule has 0 bridgehead atoms. The van der Waals surface area contributed by atoms with Crippen LogP contribution in [-0.4, -0.2) is 11.3 Å². The van der Waals surface area contributed by atoms with Crippen LogP contribution in [0.4, 0.5) is 13.2 Å². The molecule has 0 amide bonds. The molecule has 0 saturated heterocycles. The van der Waals surface area contributed by atoms with E-state index in [0.29, 0.717) is 5.69 Å². The lowest BCUT2D eigenvalue weighted by Crippen LogP contribution is -2.18. The van der Waals surface area contributed by atoms with Gasteiger partial charge in [0, 0.05) is 17.3 Å². The van der Waals surface area contributed by atoms with Crippen molar-refractivity contribution in [3.05, 3.63) is 23.0 Å². The van der Waals surface area contributed by atoms with Gasteiger partial charge in [0.2, 0.25) is 0 Å². The van der Waals surface area contributed by atoms with Crippen molar-refractivity contribution >= 4 is 0 Å². The lowest BCUT2D eigenvalue weighted by molar-refractivity contribution is -0.274. The Balaban J connectivity index is 3.20. The number of ether oxygens (including phenoxy) is 1. The van der Waals surface area contributed by atoms with Crippen LogP contribution in [-0.2, 0) is 0 Å². The van der Waals surface area contributed by atoms with Crippen molar-refractivity contribution in [2.75, 3.05) is 0 Å². The summed E-state index contributed by atoms with van der Waals surface area (Å²) < 4.78 is 39.7. The molecule has 1 rings (SSSR count). The number of aryl methyl sites for hydroxylation is 1. The Labute approximate surface area is 84.1 Å². The van der Waals surface area contributed by atoms with E-state index in [9.17, 15) is 13.2 Å². The fourth-order valence-corrected chi connectivity index (χ4v) is 1.05. The number of hydrogen-bond donors (Lipinski definition) is 0. The van der Waals surface area contributed by atoms with Gasteiger partial charge in [0.05, 0.1) is 0 Å². The lowest BCUT2D eigenvalue weighted by Gasteiger charge is -2.12. The van der Waals surface area contributed by atoms with Crippen molar-refractivity contribution in [1.82, 2.24) is 4.98 Å². The molecule has 1 heterocycles. The summed E-state index contributed by atoms with van der Waals surface area (Å²) >= 11 is 0. The highest BCUT2D eigenvalue weighted by Crippen LogP contribution is 2.27. The van der Waals surface area contributed by atoms with E-state index in [-0.39, 0.29) is 17.0 Å². The van der Waals surface area contributed by atoms with Gasteiger partial charge < -0.3 is 4.74 Å². The van der Waals surface area contributed by atoms with E-state index in [1.807, 2.05) is 0 Å². The molecule has 0 aliphatic heterocycles. The quantitative estimate of drug-likeness (QED) is 0.724. The van der Waals surface area contributed by atoms with Gasteiger partial charge in [-0.15, -0.1) is 13.2 Å². The zero-order valence-electron chi connectivity index (χ0n) is 8.01. The van der Waals surface area contributed by atoms with Gasteiger partial charge in [0.1, 0.15) is 17.5 Å². The van der Waals surface area contributed by atoms with E-state index in [0.717, 1.165) is 6.07 Å². The average molecular weight is 216 g/mol. The second-order valence-corrected chi connectivity index (χ2v) is 2.89. The summed E-state index contributed by atoms with van der Waals surface area (Å²) in [5.74, 6) is -0.383. The Hall–Kier alpha value is -1.77. The normalized spacial score (nSPS) is 10.9. The minimum atomic E-state index is -4.76. The molecule has 0 unspecified atom stereocenters. The molecule has 0 aliphatic carbocycles. The lowest BCUT2D eigenvalue weighted by atomic mass is 10.2. The fraction of sp³-hybridized carbons (Fsp3) is 0.333. The molecule has 0 atom stereocenters. The molecule has 0 saturated carbocycles. The van der Waals surface area contributed by atoms with E-state index in [2.05, 4.69) is 9.72 Å². The molecule has 80 valence electrons. The molecule has 0 N–H and O–H groups in total. The van der Waals surface area contributed by atoms with Crippen molar-refractivity contribution in [3.8, 4) is 11.8 Å². The van der Waals surface area contributed by atoms with Crippen LogP contribution in [0.2, 0.25) is 0 Å². The molecule has 15 heavy (non-hydrogen) atoms. The second-order valence-electron chi connectivity index (χ2n) is 2.89. The van der Waals surface area contributed by atoms with E-state index in [4.69, 9.17) is 5.26 Å². The third-order valence-electron chi connectivity index (χ3n) is 1.68. The molecule has 1 aromatic rings. The fourth-order valence-electron chi connectivity index (χ4n) is 1.05. The average Bonchev–Trinajstić information content (AvgIpc) is 2.08. The largest absolute Gasteiger partial charge is 0.573 e.